The van der Waals surface area contributed by atoms with Crippen molar-refractivity contribution in [2.45, 2.75) is 54.4 Å². The number of ether oxygens (including phenoxy) is 1. The van der Waals surface area contributed by atoms with Crippen LogP contribution in [0.2, 0.25) is 0 Å². The molecular formula is C25H33N3O4S. The summed E-state index contributed by atoms with van der Waals surface area (Å²) in [7, 11) is 0. The topological polar surface area (TPSA) is 87.7 Å². The summed E-state index contributed by atoms with van der Waals surface area (Å²) < 4.78 is 5.31. The number of hydrogen-bond donors (Lipinski definition) is 2. The van der Waals surface area contributed by atoms with Gasteiger partial charge in [0.2, 0.25) is 5.91 Å². The molecule has 0 unspecified atom stereocenters. The van der Waals surface area contributed by atoms with E-state index in [9.17, 15) is 14.4 Å². The standard InChI is InChI=1S/C25H33N3O4S/c1-15-13-18(28-11-7-8-12-28)9-10-19(15)26-20(29)14-32-23(30)21-16(2)17(3)33-22(21)27-24(31)25(4,5)6/h9-10,13H,7-8,11-12,14H2,1-6H3,(H,26,29)(H,27,31). The van der Waals surface area contributed by atoms with Gasteiger partial charge < -0.3 is 20.3 Å². The van der Waals surface area contributed by atoms with Crippen LogP contribution in [0, 0.1) is 26.2 Å². The number of hydrogen-bond acceptors (Lipinski definition) is 6. The second kappa shape index (κ2) is 9.95. The Kier molecular flexibility index (Phi) is 7.47. The Morgan fingerprint density at radius 1 is 1.06 bits per heavy atom. The van der Waals surface area contributed by atoms with Crippen molar-refractivity contribution < 1.29 is 19.1 Å². The maximum absolute atomic E-state index is 12.8. The molecular weight excluding hydrogens is 438 g/mol. The first-order valence-corrected chi connectivity index (χ1v) is 12.0. The van der Waals surface area contributed by atoms with E-state index in [0.717, 1.165) is 34.8 Å². The Morgan fingerprint density at radius 2 is 1.73 bits per heavy atom. The van der Waals surface area contributed by atoms with Gasteiger partial charge in [0, 0.05) is 34.8 Å². The highest BCUT2D eigenvalue weighted by atomic mass is 32.1. The molecule has 1 aliphatic heterocycles. The largest absolute Gasteiger partial charge is 0.452 e. The van der Waals surface area contributed by atoms with E-state index in [4.69, 9.17) is 4.74 Å². The number of carbonyl (C=O) groups excluding carboxylic acids is 3. The first-order valence-electron chi connectivity index (χ1n) is 11.2. The third kappa shape index (κ3) is 5.93. The average Bonchev–Trinajstić information content (AvgIpc) is 3.36. The van der Waals surface area contributed by atoms with Crippen LogP contribution in [0.25, 0.3) is 0 Å². The van der Waals surface area contributed by atoms with Crippen molar-refractivity contribution in [2.24, 2.45) is 5.41 Å². The highest BCUT2D eigenvalue weighted by Gasteiger charge is 2.27. The van der Waals surface area contributed by atoms with Gasteiger partial charge in [-0.2, -0.15) is 0 Å². The predicted octanol–water partition coefficient (Wildman–Crippen LogP) is 5.05. The third-order valence-corrected chi connectivity index (χ3v) is 6.91. The van der Waals surface area contributed by atoms with Crippen molar-refractivity contribution in [3.8, 4) is 0 Å². The van der Waals surface area contributed by atoms with Gasteiger partial charge in [-0.15, -0.1) is 11.3 Å². The van der Waals surface area contributed by atoms with Crippen LogP contribution in [0.1, 0.15) is 60.0 Å². The first-order chi connectivity index (χ1) is 15.5. The summed E-state index contributed by atoms with van der Waals surface area (Å²) in [5.74, 6) is -1.23. The number of amides is 2. The summed E-state index contributed by atoms with van der Waals surface area (Å²) in [6.07, 6.45) is 2.40. The van der Waals surface area contributed by atoms with Crippen LogP contribution in [0.15, 0.2) is 18.2 Å². The lowest BCUT2D eigenvalue weighted by molar-refractivity contribution is -0.123. The number of rotatable bonds is 6. The van der Waals surface area contributed by atoms with Crippen LogP contribution in [-0.2, 0) is 14.3 Å². The van der Waals surface area contributed by atoms with Crippen LogP contribution < -0.4 is 15.5 Å². The Morgan fingerprint density at radius 3 is 2.33 bits per heavy atom. The Bertz CT molecular complexity index is 1060. The number of nitrogens with zero attached hydrogens (tertiary/aromatic N) is 1. The lowest BCUT2D eigenvalue weighted by Crippen LogP contribution is -2.28. The molecule has 2 heterocycles. The van der Waals surface area contributed by atoms with Gasteiger partial charge in [0.1, 0.15) is 5.00 Å². The summed E-state index contributed by atoms with van der Waals surface area (Å²) in [4.78, 5) is 40.9. The predicted molar refractivity (Wildman–Crippen MR) is 133 cm³/mol. The second-order valence-corrected chi connectivity index (χ2v) is 10.7. The van der Waals surface area contributed by atoms with E-state index < -0.39 is 23.9 Å². The quantitative estimate of drug-likeness (QED) is 0.576. The molecule has 7 nitrogen and oxygen atoms in total. The number of aryl methyl sites for hydroxylation is 2. The molecule has 1 saturated heterocycles. The normalized spacial score (nSPS) is 13.7. The minimum Gasteiger partial charge on any atom is -0.452 e. The summed E-state index contributed by atoms with van der Waals surface area (Å²) >= 11 is 1.33. The van der Waals surface area contributed by atoms with E-state index in [1.165, 1.54) is 24.2 Å². The van der Waals surface area contributed by atoms with Gasteiger partial charge in [0.15, 0.2) is 6.61 Å². The highest BCUT2D eigenvalue weighted by molar-refractivity contribution is 7.16. The molecule has 2 amide bonds. The molecule has 1 fully saturated rings. The molecule has 1 aromatic carbocycles. The summed E-state index contributed by atoms with van der Waals surface area (Å²) in [6.45, 7) is 12.7. The molecule has 0 bridgehead atoms. The first kappa shape index (κ1) is 24.8. The van der Waals surface area contributed by atoms with E-state index >= 15 is 0 Å². The number of anilines is 3. The molecule has 3 rings (SSSR count). The number of thiophene rings is 1. The summed E-state index contributed by atoms with van der Waals surface area (Å²) in [5.41, 5.74) is 3.24. The second-order valence-electron chi connectivity index (χ2n) is 9.51. The van der Waals surface area contributed by atoms with Crippen molar-refractivity contribution in [1.29, 1.82) is 0 Å². The lowest BCUT2D eigenvalue weighted by atomic mass is 9.96. The van der Waals surface area contributed by atoms with Crippen LogP contribution in [-0.4, -0.2) is 37.5 Å². The number of benzene rings is 1. The smallest absolute Gasteiger partial charge is 0.341 e. The summed E-state index contributed by atoms with van der Waals surface area (Å²) in [5, 5.41) is 6.10. The number of nitrogens with one attached hydrogen (secondary N) is 2. The number of esters is 1. The van der Waals surface area contributed by atoms with Crippen LogP contribution >= 0.6 is 11.3 Å². The van der Waals surface area contributed by atoms with Gasteiger partial charge in [0.25, 0.3) is 5.91 Å². The van der Waals surface area contributed by atoms with E-state index in [-0.39, 0.29) is 5.91 Å². The van der Waals surface area contributed by atoms with E-state index in [2.05, 4.69) is 21.6 Å². The summed E-state index contributed by atoms with van der Waals surface area (Å²) in [6, 6.07) is 5.95. The van der Waals surface area contributed by atoms with E-state index in [0.29, 0.717) is 16.3 Å². The lowest BCUT2D eigenvalue weighted by Gasteiger charge is -2.19. The van der Waals surface area contributed by atoms with E-state index in [1.54, 1.807) is 27.7 Å². The molecule has 8 heteroatoms. The molecule has 0 spiro atoms. The molecule has 2 N–H and O–H groups in total. The van der Waals surface area contributed by atoms with E-state index in [1.807, 2.05) is 26.0 Å². The highest BCUT2D eigenvalue weighted by Crippen LogP contribution is 2.34. The maximum atomic E-state index is 12.8. The third-order valence-electron chi connectivity index (χ3n) is 5.79. The molecule has 0 atom stereocenters. The average molecular weight is 472 g/mol. The van der Waals surface area contributed by atoms with Crippen LogP contribution in [0.5, 0.6) is 0 Å². The number of carbonyl (C=O) groups is 3. The van der Waals surface area contributed by atoms with Crippen LogP contribution in [0.3, 0.4) is 0 Å². The fourth-order valence-corrected chi connectivity index (χ4v) is 4.64. The minimum atomic E-state index is -0.627. The van der Waals surface area contributed by atoms with Gasteiger partial charge in [-0.25, -0.2) is 4.79 Å². The minimum absolute atomic E-state index is 0.191. The van der Waals surface area contributed by atoms with Crippen molar-refractivity contribution in [3.05, 3.63) is 39.8 Å². The molecule has 178 valence electrons. The molecule has 1 aromatic heterocycles. The zero-order valence-corrected chi connectivity index (χ0v) is 21.1. The Labute approximate surface area is 199 Å². The molecule has 1 aliphatic rings. The zero-order valence-electron chi connectivity index (χ0n) is 20.3. The van der Waals surface area contributed by atoms with Gasteiger partial charge >= 0.3 is 5.97 Å². The van der Waals surface area contributed by atoms with Crippen LogP contribution in [0.4, 0.5) is 16.4 Å². The van der Waals surface area contributed by atoms with Crippen molar-refractivity contribution in [3.63, 3.8) is 0 Å². The molecule has 0 radical (unpaired) electrons. The SMILES string of the molecule is Cc1cc(N2CCCC2)ccc1NC(=O)COC(=O)c1c(NC(=O)C(C)(C)C)sc(C)c1C. The maximum Gasteiger partial charge on any atom is 0.341 e. The molecule has 0 saturated carbocycles. The monoisotopic (exact) mass is 471 g/mol. The fraction of sp³-hybridized carbons (Fsp3) is 0.480. The van der Waals surface area contributed by atoms with Crippen molar-refractivity contribution >= 4 is 45.5 Å². The van der Waals surface area contributed by atoms with Gasteiger partial charge in [-0.3, -0.25) is 9.59 Å². The van der Waals surface area contributed by atoms with Gasteiger partial charge in [-0.05, 0) is 62.9 Å². The van der Waals surface area contributed by atoms with Gasteiger partial charge in [-0.1, -0.05) is 20.8 Å². The van der Waals surface area contributed by atoms with Crippen molar-refractivity contribution in [1.82, 2.24) is 0 Å². The Balaban J connectivity index is 1.63. The van der Waals surface area contributed by atoms with Crippen molar-refractivity contribution in [2.75, 3.05) is 35.2 Å². The zero-order chi connectivity index (χ0) is 24.3. The fourth-order valence-electron chi connectivity index (χ4n) is 3.60. The molecule has 33 heavy (non-hydrogen) atoms. The molecule has 2 aromatic rings. The van der Waals surface area contributed by atoms with Gasteiger partial charge in [0.05, 0.1) is 5.56 Å². The Hall–Kier alpha value is -2.87. The molecule has 0 aliphatic carbocycles.